The lowest BCUT2D eigenvalue weighted by Gasteiger charge is -2.15. The smallest absolute Gasteiger partial charge is 0.338 e. The number of rotatable bonds is 3. The zero-order valence-electron chi connectivity index (χ0n) is 5.87. The van der Waals surface area contributed by atoms with Crippen LogP contribution < -0.4 is 11.5 Å². The Morgan fingerprint density at radius 3 is 2.50 bits per heavy atom. The molecule has 0 amide bonds. The highest BCUT2D eigenvalue weighted by molar-refractivity contribution is 5.77. The summed E-state index contributed by atoms with van der Waals surface area (Å²) in [7, 11) is 0. The summed E-state index contributed by atoms with van der Waals surface area (Å²) in [6, 6.07) is 0. The molecule has 58 valence electrons. The van der Waals surface area contributed by atoms with Crippen molar-refractivity contribution in [1.82, 2.24) is 0 Å². The van der Waals surface area contributed by atoms with Crippen LogP contribution in [0.1, 0.15) is 13.3 Å². The van der Waals surface area contributed by atoms with Crippen molar-refractivity contribution < 1.29 is 9.90 Å². The van der Waals surface area contributed by atoms with Crippen LogP contribution in [0.25, 0.3) is 0 Å². The standard InChI is InChI=1S/C6H12N2O2/c1-2-3-4-6(7,8)5(9)10/h2-3H,4,7-8H2,1H3,(H,9,10). The number of allylic oxidation sites excluding steroid dienone is 1. The second kappa shape index (κ2) is 3.34. The fraction of sp³-hybridized carbons (Fsp3) is 0.500. The predicted molar refractivity (Wildman–Crippen MR) is 38.2 cm³/mol. The normalized spacial score (nSPS) is 12.3. The molecule has 0 aliphatic heterocycles. The molecule has 0 fully saturated rings. The minimum Gasteiger partial charge on any atom is -0.479 e. The molecule has 0 saturated heterocycles. The van der Waals surface area contributed by atoms with E-state index in [4.69, 9.17) is 16.6 Å². The molecule has 10 heavy (non-hydrogen) atoms. The molecule has 0 rings (SSSR count). The third-order valence-corrected chi connectivity index (χ3v) is 1.09. The number of nitrogens with two attached hydrogens (primary N) is 2. The molecule has 4 nitrogen and oxygen atoms in total. The highest BCUT2D eigenvalue weighted by Crippen LogP contribution is 1.98. The molecule has 5 N–H and O–H groups in total. The van der Waals surface area contributed by atoms with Gasteiger partial charge in [0, 0.05) is 6.42 Å². The lowest BCUT2D eigenvalue weighted by Crippen LogP contribution is -2.55. The van der Waals surface area contributed by atoms with Gasteiger partial charge >= 0.3 is 5.97 Å². The van der Waals surface area contributed by atoms with Crippen LogP contribution >= 0.6 is 0 Å². The predicted octanol–water partition coefficient (Wildman–Crippen LogP) is -0.349. The van der Waals surface area contributed by atoms with Gasteiger partial charge in [-0.2, -0.15) is 0 Å². The van der Waals surface area contributed by atoms with Gasteiger partial charge in [0.25, 0.3) is 0 Å². The first kappa shape index (κ1) is 9.13. The van der Waals surface area contributed by atoms with E-state index in [1.54, 1.807) is 19.1 Å². The zero-order valence-corrected chi connectivity index (χ0v) is 5.87. The van der Waals surface area contributed by atoms with Crippen molar-refractivity contribution >= 4 is 5.97 Å². The minimum atomic E-state index is -1.62. The maximum absolute atomic E-state index is 10.2. The van der Waals surface area contributed by atoms with Crippen LogP contribution in [0.4, 0.5) is 0 Å². The number of aliphatic carboxylic acids is 1. The molecular weight excluding hydrogens is 132 g/mol. The zero-order chi connectivity index (χ0) is 8.20. The summed E-state index contributed by atoms with van der Waals surface area (Å²) in [6.07, 6.45) is 3.48. The van der Waals surface area contributed by atoms with Crippen molar-refractivity contribution in [2.24, 2.45) is 11.5 Å². The Balaban J connectivity index is 3.99. The lowest BCUT2D eigenvalue weighted by molar-refractivity contribution is -0.143. The van der Waals surface area contributed by atoms with E-state index in [0.29, 0.717) is 0 Å². The van der Waals surface area contributed by atoms with E-state index in [0.717, 1.165) is 0 Å². The average molecular weight is 144 g/mol. The molecule has 0 aliphatic rings. The molecule has 0 atom stereocenters. The molecule has 0 saturated carbocycles. The van der Waals surface area contributed by atoms with Crippen LogP contribution in [0, 0.1) is 0 Å². The second-order valence-corrected chi connectivity index (χ2v) is 2.12. The molecule has 0 bridgehead atoms. The van der Waals surface area contributed by atoms with Crippen molar-refractivity contribution in [2.45, 2.75) is 19.0 Å². The quantitative estimate of drug-likeness (QED) is 0.373. The Morgan fingerprint density at radius 1 is 1.70 bits per heavy atom. The van der Waals surface area contributed by atoms with Gasteiger partial charge in [-0.05, 0) is 6.92 Å². The van der Waals surface area contributed by atoms with Crippen LogP contribution in [0.5, 0.6) is 0 Å². The molecular formula is C6H12N2O2. The fourth-order valence-electron chi connectivity index (χ4n) is 0.400. The molecule has 0 radical (unpaired) electrons. The highest BCUT2D eigenvalue weighted by atomic mass is 16.4. The molecule has 0 aromatic rings. The van der Waals surface area contributed by atoms with Crippen molar-refractivity contribution in [3.63, 3.8) is 0 Å². The van der Waals surface area contributed by atoms with Crippen LogP contribution in [0.15, 0.2) is 12.2 Å². The summed E-state index contributed by atoms with van der Waals surface area (Å²) in [5, 5.41) is 8.38. The Labute approximate surface area is 59.5 Å². The van der Waals surface area contributed by atoms with Gasteiger partial charge in [0.2, 0.25) is 0 Å². The Morgan fingerprint density at radius 2 is 2.20 bits per heavy atom. The largest absolute Gasteiger partial charge is 0.479 e. The van der Waals surface area contributed by atoms with E-state index >= 15 is 0 Å². The second-order valence-electron chi connectivity index (χ2n) is 2.12. The average Bonchev–Trinajstić information content (AvgIpc) is 1.84. The number of carboxylic acids is 1. The molecule has 0 aromatic heterocycles. The summed E-state index contributed by atoms with van der Waals surface area (Å²) >= 11 is 0. The van der Waals surface area contributed by atoms with E-state index in [1.807, 2.05) is 0 Å². The van der Waals surface area contributed by atoms with E-state index in [2.05, 4.69) is 0 Å². The summed E-state index contributed by atoms with van der Waals surface area (Å²) in [5.74, 6) is -1.19. The Bertz CT molecular complexity index is 152. The first-order valence-corrected chi connectivity index (χ1v) is 2.93. The van der Waals surface area contributed by atoms with E-state index in [-0.39, 0.29) is 6.42 Å². The van der Waals surface area contributed by atoms with Gasteiger partial charge in [0.1, 0.15) is 0 Å². The van der Waals surface area contributed by atoms with Crippen molar-refractivity contribution in [2.75, 3.05) is 0 Å². The highest BCUT2D eigenvalue weighted by Gasteiger charge is 2.26. The summed E-state index contributed by atoms with van der Waals surface area (Å²) < 4.78 is 0. The van der Waals surface area contributed by atoms with Crippen LogP contribution in [-0.4, -0.2) is 16.7 Å². The van der Waals surface area contributed by atoms with E-state index in [1.165, 1.54) is 0 Å². The molecule has 4 heteroatoms. The van der Waals surface area contributed by atoms with Gasteiger partial charge in [-0.25, -0.2) is 4.79 Å². The molecule has 0 spiro atoms. The number of carbonyl (C=O) groups is 1. The maximum Gasteiger partial charge on any atom is 0.338 e. The SMILES string of the molecule is CC=CCC(N)(N)C(=O)O. The van der Waals surface area contributed by atoms with Crippen molar-refractivity contribution in [3.05, 3.63) is 12.2 Å². The van der Waals surface area contributed by atoms with E-state index in [9.17, 15) is 4.79 Å². The lowest BCUT2D eigenvalue weighted by atomic mass is 10.1. The monoisotopic (exact) mass is 144 g/mol. The van der Waals surface area contributed by atoms with Gasteiger partial charge in [-0.15, -0.1) is 0 Å². The van der Waals surface area contributed by atoms with Crippen molar-refractivity contribution in [1.29, 1.82) is 0 Å². The van der Waals surface area contributed by atoms with Crippen LogP contribution in [-0.2, 0) is 4.79 Å². The number of hydrogen-bond acceptors (Lipinski definition) is 3. The fourth-order valence-corrected chi connectivity index (χ4v) is 0.400. The molecule has 0 unspecified atom stereocenters. The van der Waals surface area contributed by atoms with Gasteiger partial charge in [-0.1, -0.05) is 12.2 Å². The molecule has 0 aromatic carbocycles. The summed E-state index contributed by atoms with van der Waals surface area (Å²) in [5.41, 5.74) is 8.73. The first-order valence-electron chi connectivity index (χ1n) is 2.93. The topological polar surface area (TPSA) is 89.3 Å². The van der Waals surface area contributed by atoms with Gasteiger partial charge in [0.15, 0.2) is 5.66 Å². The van der Waals surface area contributed by atoms with Gasteiger partial charge in [-0.3, -0.25) is 0 Å². The summed E-state index contributed by atoms with van der Waals surface area (Å²) in [4.78, 5) is 10.2. The third kappa shape index (κ3) is 2.61. The van der Waals surface area contributed by atoms with Gasteiger partial charge < -0.3 is 16.6 Å². The number of carboxylic acid groups (broad SMARTS) is 1. The van der Waals surface area contributed by atoms with Crippen LogP contribution in [0.3, 0.4) is 0 Å². The van der Waals surface area contributed by atoms with Crippen LogP contribution in [0.2, 0.25) is 0 Å². The van der Waals surface area contributed by atoms with Crippen molar-refractivity contribution in [3.8, 4) is 0 Å². The number of hydrogen-bond donors (Lipinski definition) is 3. The minimum absolute atomic E-state index is 0.152. The third-order valence-electron chi connectivity index (χ3n) is 1.09. The maximum atomic E-state index is 10.2. The van der Waals surface area contributed by atoms with E-state index < -0.39 is 11.6 Å². The Hall–Kier alpha value is -0.870. The molecule has 0 heterocycles. The first-order chi connectivity index (χ1) is 4.50. The Kier molecular flexibility index (Phi) is 3.05. The molecule has 0 aliphatic carbocycles. The summed E-state index contributed by atoms with van der Waals surface area (Å²) in [6.45, 7) is 1.78. The van der Waals surface area contributed by atoms with Gasteiger partial charge in [0.05, 0.1) is 0 Å².